The molecule has 0 saturated heterocycles. The van der Waals surface area contributed by atoms with Gasteiger partial charge in [-0.2, -0.15) is 0 Å². The highest BCUT2D eigenvalue weighted by Gasteiger charge is 2.16. The molecule has 22 heavy (non-hydrogen) atoms. The first-order valence-corrected chi connectivity index (χ1v) is 8.23. The van der Waals surface area contributed by atoms with Gasteiger partial charge in [-0.3, -0.25) is 0 Å². The summed E-state index contributed by atoms with van der Waals surface area (Å²) in [4.78, 5) is 0. The summed E-state index contributed by atoms with van der Waals surface area (Å²) in [5.74, 6) is 1.75. The Labute approximate surface area is 133 Å². The normalized spacial score (nSPS) is 14.5. The fourth-order valence-corrected chi connectivity index (χ4v) is 2.59. The van der Waals surface area contributed by atoms with Crippen molar-refractivity contribution in [2.24, 2.45) is 5.92 Å². The summed E-state index contributed by atoms with van der Waals surface area (Å²) in [5.41, 5.74) is 2.50. The largest absolute Gasteiger partial charge is 0.489 e. The van der Waals surface area contributed by atoms with E-state index in [1.54, 1.807) is 0 Å². The fourth-order valence-electron chi connectivity index (χ4n) is 2.59. The van der Waals surface area contributed by atoms with Crippen LogP contribution in [-0.2, 0) is 17.8 Å². The van der Waals surface area contributed by atoms with Crippen LogP contribution in [0.2, 0.25) is 0 Å². The monoisotopic (exact) mass is 296 g/mol. The molecule has 0 spiro atoms. The van der Waals surface area contributed by atoms with Crippen molar-refractivity contribution < 1.29 is 9.47 Å². The molecule has 116 valence electrons. The van der Waals surface area contributed by atoms with E-state index in [-0.39, 0.29) is 0 Å². The van der Waals surface area contributed by atoms with Crippen LogP contribution in [0.25, 0.3) is 0 Å². The molecule has 1 aliphatic carbocycles. The second-order valence-electron chi connectivity index (χ2n) is 6.04. The smallest absolute Gasteiger partial charge is 0.119 e. The zero-order valence-electron chi connectivity index (χ0n) is 13.0. The molecule has 1 fully saturated rings. The van der Waals surface area contributed by atoms with E-state index in [0.29, 0.717) is 6.61 Å². The molecule has 0 aromatic heterocycles. The number of ether oxygens (including phenoxy) is 2. The van der Waals surface area contributed by atoms with E-state index in [4.69, 9.17) is 9.47 Å². The molecule has 0 aliphatic heterocycles. The van der Waals surface area contributed by atoms with Gasteiger partial charge in [0.2, 0.25) is 0 Å². The highest BCUT2D eigenvalue weighted by atomic mass is 16.5. The summed E-state index contributed by atoms with van der Waals surface area (Å²) in [5, 5.41) is 0. The molecule has 0 atom stereocenters. The van der Waals surface area contributed by atoms with Gasteiger partial charge in [-0.15, -0.1) is 0 Å². The van der Waals surface area contributed by atoms with Crippen molar-refractivity contribution in [2.45, 2.75) is 32.3 Å². The van der Waals surface area contributed by atoms with Gasteiger partial charge in [0.05, 0.1) is 6.61 Å². The van der Waals surface area contributed by atoms with Gasteiger partial charge in [0.1, 0.15) is 12.4 Å². The van der Waals surface area contributed by atoms with E-state index >= 15 is 0 Å². The Hall–Kier alpha value is -1.80. The number of hydrogen-bond acceptors (Lipinski definition) is 2. The van der Waals surface area contributed by atoms with E-state index in [1.165, 1.54) is 30.4 Å². The zero-order chi connectivity index (χ0) is 15.0. The van der Waals surface area contributed by atoms with Gasteiger partial charge < -0.3 is 9.47 Å². The van der Waals surface area contributed by atoms with Gasteiger partial charge in [-0.1, -0.05) is 48.9 Å². The van der Waals surface area contributed by atoms with E-state index in [0.717, 1.165) is 31.3 Å². The lowest BCUT2D eigenvalue weighted by molar-refractivity contribution is 0.0722. The van der Waals surface area contributed by atoms with E-state index < -0.39 is 0 Å². The first-order valence-electron chi connectivity index (χ1n) is 8.23. The van der Waals surface area contributed by atoms with Crippen LogP contribution >= 0.6 is 0 Å². The SMILES string of the molecule is c1ccc(COc2ccc(CCOCC3CCC3)cc2)cc1. The summed E-state index contributed by atoms with van der Waals surface area (Å²) >= 11 is 0. The van der Waals surface area contributed by atoms with E-state index in [1.807, 2.05) is 30.3 Å². The van der Waals surface area contributed by atoms with Crippen LogP contribution in [0.15, 0.2) is 54.6 Å². The Morgan fingerprint density at radius 2 is 1.64 bits per heavy atom. The van der Waals surface area contributed by atoms with Crippen LogP contribution in [0.1, 0.15) is 30.4 Å². The Morgan fingerprint density at radius 1 is 0.864 bits per heavy atom. The molecule has 2 aromatic rings. The molecule has 3 rings (SSSR count). The fraction of sp³-hybridized carbons (Fsp3) is 0.400. The summed E-state index contributed by atoms with van der Waals surface area (Å²) in [7, 11) is 0. The maximum atomic E-state index is 5.80. The number of rotatable bonds is 8. The number of hydrogen-bond donors (Lipinski definition) is 0. The topological polar surface area (TPSA) is 18.5 Å². The van der Waals surface area contributed by atoms with Crippen molar-refractivity contribution in [1.82, 2.24) is 0 Å². The van der Waals surface area contributed by atoms with Crippen molar-refractivity contribution in [2.75, 3.05) is 13.2 Å². The molecule has 0 heterocycles. The molecule has 0 unspecified atom stereocenters. The first kappa shape index (κ1) is 15.1. The molecule has 2 aromatic carbocycles. The van der Waals surface area contributed by atoms with E-state index in [9.17, 15) is 0 Å². The molecule has 0 radical (unpaired) electrons. The summed E-state index contributed by atoms with van der Waals surface area (Å²) in [6, 6.07) is 18.6. The van der Waals surface area contributed by atoms with Crippen molar-refractivity contribution in [3.8, 4) is 5.75 Å². The second kappa shape index (κ2) is 8.00. The van der Waals surface area contributed by atoms with Crippen LogP contribution < -0.4 is 4.74 Å². The minimum Gasteiger partial charge on any atom is -0.489 e. The van der Waals surface area contributed by atoms with Gasteiger partial charge >= 0.3 is 0 Å². The highest BCUT2D eigenvalue weighted by molar-refractivity contribution is 5.28. The highest BCUT2D eigenvalue weighted by Crippen LogP contribution is 2.26. The molecule has 0 N–H and O–H groups in total. The van der Waals surface area contributed by atoms with Crippen LogP contribution in [0.4, 0.5) is 0 Å². The standard InChI is InChI=1S/C20H24O2/c1-2-5-19(6-3-1)16-22-20-11-9-17(10-12-20)13-14-21-15-18-7-4-8-18/h1-3,5-6,9-12,18H,4,7-8,13-16H2. The Kier molecular flexibility index (Phi) is 5.49. The minimum atomic E-state index is 0.616. The van der Waals surface area contributed by atoms with Gasteiger partial charge in [0.25, 0.3) is 0 Å². The maximum absolute atomic E-state index is 5.80. The average Bonchev–Trinajstić information content (AvgIpc) is 2.53. The Balaban J connectivity index is 1.38. The van der Waals surface area contributed by atoms with Gasteiger partial charge in [-0.05, 0) is 48.4 Å². The van der Waals surface area contributed by atoms with Crippen molar-refractivity contribution in [3.63, 3.8) is 0 Å². The first-order chi connectivity index (χ1) is 10.9. The van der Waals surface area contributed by atoms with Crippen LogP contribution in [0, 0.1) is 5.92 Å². The van der Waals surface area contributed by atoms with E-state index in [2.05, 4.69) is 24.3 Å². The quantitative estimate of drug-likeness (QED) is 0.661. The summed E-state index contributed by atoms with van der Waals surface area (Å²) < 4.78 is 11.5. The molecule has 2 nitrogen and oxygen atoms in total. The van der Waals surface area contributed by atoms with Crippen molar-refractivity contribution >= 4 is 0 Å². The number of benzene rings is 2. The van der Waals surface area contributed by atoms with Gasteiger partial charge in [0.15, 0.2) is 0 Å². The molecule has 0 amide bonds. The molecule has 1 saturated carbocycles. The third-order valence-corrected chi connectivity index (χ3v) is 4.29. The lowest BCUT2D eigenvalue weighted by atomic mass is 9.86. The van der Waals surface area contributed by atoms with Crippen molar-refractivity contribution in [1.29, 1.82) is 0 Å². The predicted octanol–water partition coefficient (Wildman–Crippen LogP) is 4.62. The summed E-state index contributed by atoms with van der Waals surface area (Å²) in [6.07, 6.45) is 5.07. The zero-order valence-corrected chi connectivity index (χ0v) is 13.0. The maximum Gasteiger partial charge on any atom is 0.119 e. The van der Waals surface area contributed by atoms with Gasteiger partial charge in [0, 0.05) is 6.61 Å². The van der Waals surface area contributed by atoms with Crippen LogP contribution in [0.3, 0.4) is 0 Å². The average molecular weight is 296 g/mol. The lowest BCUT2D eigenvalue weighted by Gasteiger charge is -2.24. The lowest BCUT2D eigenvalue weighted by Crippen LogP contribution is -2.18. The summed E-state index contributed by atoms with van der Waals surface area (Å²) in [6.45, 7) is 2.38. The van der Waals surface area contributed by atoms with Crippen LogP contribution in [0.5, 0.6) is 5.75 Å². The third kappa shape index (κ3) is 4.60. The molecule has 1 aliphatic rings. The predicted molar refractivity (Wildman–Crippen MR) is 89.1 cm³/mol. The molecule has 2 heteroatoms. The second-order valence-corrected chi connectivity index (χ2v) is 6.04. The molecule has 0 bridgehead atoms. The third-order valence-electron chi connectivity index (χ3n) is 4.29. The Morgan fingerprint density at radius 3 is 2.32 bits per heavy atom. The van der Waals surface area contributed by atoms with Crippen LogP contribution in [-0.4, -0.2) is 13.2 Å². The Bertz CT molecular complexity index is 544. The minimum absolute atomic E-state index is 0.616. The van der Waals surface area contributed by atoms with Gasteiger partial charge in [-0.25, -0.2) is 0 Å². The van der Waals surface area contributed by atoms with Crippen molar-refractivity contribution in [3.05, 3.63) is 65.7 Å². The molecular weight excluding hydrogens is 272 g/mol. The molecular formula is C20H24O2.